The van der Waals surface area contributed by atoms with Crippen LogP contribution in [0.5, 0.6) is 0 Å². The quantitative estimate of drug-likeness (QED) is 0.797. The second-order valence-electron chi connectivity index (χ2n) is 6.90. The summed E-state index contributed by atoms with van der Waals surface area (Å²) in [5.74, 6) is 0.950. The smallest absolute Gasteiger partial charge is 0.0957 e. The average molecular weight is 289 g/mol. The Labute approximate surface area is 127 Å². The number of nitrogens with one attached hydrogen (secondary N) is 1. The summed E-state index contributed by atoms with van der Waals surface area (Å²) in [6, 6.07) is 8.47. The lowest BCUT2D eigenvalue weighted by Gasteiger charge is -2.25. The summed E-state index contributed by atoms with van der Waals surface area (Å²) in [6.45, 7) is 3.05. The average Bonchev–Trinajstić information content (AvgIpc) is 3.08. The Morgan fingerprint density at radius 3 is 2.43 bits per heavy atom. The minimum atomic E-state index is -0.655. The molecule has 0 amide bonds. The number of hydrogen-bond acceptors (Lipinski definition) is 3. The lowest BCUT2D eigenvalue weighted by Crippen LogP contribution is -2.44. The fourth-order valence-electron chi connectivity index (χ4n) is 3.96. The molecule has 0 spiro atoms. The maximum atomic E-state index is 10.3. The van der Waals surface area contributed by atoms with E-state index in [0.29, 0.717) is 6.42 Å². The third-order valence-electron chi connectivity index (χ3n) is 5.31. The SMILES string of the molecule is Cc1ccc([C@H]2C[C@@H](O)[C@@H](O)[C@@H]2NCC2CCCC2)cc1. The van der Waals surface area contributed by atoms with E-state index in [1.807, 2.05) is 0 Å². The van der Waals surface area contributed by atoms with Gasteiger partial charge >= 0.3 is 0 Å². The number of aliphatic hydroxyl groups is 2. The van der Waals surface area contributed by atoms with Crippen LogP contribution in [-0.2, 0) is 0 Å². The van der Waals surface area contributed by atoms with Crippen LogP contribution < -0.4 is 5.32 Å². The zero-order chi connectivity index (χ0) is 14.8. The van der Waals surface area contributed by atoms with Crippen molar-refractivity contribution < 1.29 is 10.2 Å². The summed E-state index contributed by atoms with van der Waals surface area (Å²) >= 11 is 0. The van der Waals surface area contributed by atoms with Crippen LogP contribution in [0.2, 0.25) is 0 Å². The Hall–Kier alpha value is -0.900. The second-order valence-corrected chi connectivity index (χ2v) is 6.90. The highest BCUT2D eigenvalue weighted by Crippen LogP contribution is 2.36. The van der Waals surface area contributed by atoms with Gasteiger partial charge in [0.1, 0.15) is 0 Å². The van der Waals surface area contributed by atoms with Gasteiger partial charge in [-0.1, -0.05) is 42.7 Å². The number of benzene rings is 1. The summed E-state index contributed by atoms with van der Waals surface area (Å²) in [7, 11) is 0. The third kappa shape index (κ3) is 3.31. The number of aryl methyl sites for hydroxylation is 1. The van der Waals surface area contributed by atoms with Crippen LogP contribution in [0.15, 0.2) is 24.3 Å². The predicted molar refractivity (Wildman–Crippen MR) is 84.3 cm³/mol. The topological polar surface area (TPSA) is 52.5 Å². The molecule has 2 aliphatic carbocycles. The first kappa shape index (κ1) is 15.0. The molecule has 1 aromatic rings. The lowest BCUT2D eigenvalue weighted by atomic mass is 9.92. The summed E-state index contributed by atoms with van der Waals surface area (Å²) in [6.07, 6.45) is 4.65. The first-order valence-corrected chi connectivity index (χ1v) is 8.31. The van der Waals surface area contributed by atoms with Crippen LogP contribution >= 0.6 is 0 Å². The molecule has 0 aromatic heterocycles. The molecule has 3 rings (SSSR count). The Balaban J connectivity index is 1.69. The molecule has 0 radical (unpaired) electrons. The molecule has 0 heterocycles. The molecule has 21 heavy (non-hydrogen) atoms. The van der Waals surface area contributed by atoms with Gasteiger partial charge < -0.3 is 15.5 Å². The van der Waals surface area contributed by atoms with Crippen LogP contribution in [0.3, 0.4) is 0 Å². The first-order chi connectivity index (χ1) is 10.1. The van der Waals surface area contributed by atoms with Gasteiger partial charge in [0, 0.05) is 12.0 Å². The molecule has 3 N–H and O–H groups in total. The summed E-state index contributed by atoms with van der Waals surface area (Å²) < 4.78 is 0. The summed E-state index contributed by atoms with van der Waals surface area (Å²) in [5, 5.41) is 23.9. The number of rotatable bonds is 4. The normalized spacial score (nSPS) is 33.7. The van der Waals surface area contributed by atoms with E-state index >= 15 is 0 Å². The number of aliphatic hydroxyl groups excluding tert-OH is 2. The minimum absolute atomic E-state index is 0.0247. The molecule has 116 valence electrons. The second kappa shape index (κ2) is 6.47. The van der Waals surface area contributed by atoms with Gasteiger partial charge in [-0.3, -0.25) is 0 Å². The fraction of sp³-hybridized carbons (Fsp3) is 0.667. The largest absolute Gasteiger partial charge is 0.390 e. The highest BCUT2D eigenvalue weighted by molar-refractivity contribution is 5.28. The number of hydrogen-bond donors (Lipinski definition) is 3. The highest BCUT2D eigenvalue weighted by atomic mass is 16.3. The zero-order valence-electron chi connectivity index (χ0n) is 12.8. The van der Waals surface area contributed by atoms with Gasteiger partial charge in [-0.15, -0.1) is 0 Å². The van der Waals surface area contributed by atoms with Crippen molar-refractivity contribution in [2.45, 2.75) is 63.2 Å². The van der Waals surface area contributed by atoms with Gasteiger partial charge in [-0.05, 0) is 44.2 Å². The molecule has 4 atom stereocenters. The molecule has 0 aliphatic heterocycles. The van der Waals surface area contributed by atoms with Gasteiger partial charge in [-0.2, -0.15) is 0 Å². The van der Waals surface area contributed by atoms with E-state index in [0.717, 1.165) is 12.5 Å². The third-order valence-corrected chi connectivity index (χ3v) is 5.31. The van der Waals surface area contributed by atoms with Gasteiger partial charge in [0.05, 0.1) is 12.2 Å². The van der Waals surface area contributed by atoms with Crippen LogP contribution in [0, 0.1) is 12.8 Å². The molecule has 2 fully saturated rings. The Morgan fingerprint density at radius 2 is 1.76 bits per heavy atom. The van der Waals surface area contributed by atoms with Crippen LogP contribution in [-0.4, -0.2) is 35.0 Å². The van der Waals surface area contributed by atoms with E-state index < -0.39 is 12.2 Å². The molecule has 3 nitrogen and oxygen atoms in total. The van der Waals surface area contributed by atoms with Gasteiger partial charge in [0.15, 0.2) is 0 Å². The van der Waals surface area contributed by atoms with E-state index in [4.69, 9.17) is 0 Å². The van der Waals surface area contributed by atoms with Crippen molar-refractivity contribution in [1.82, 2.24) is 5.32 Å². The van der Waals surface area contributed by atoms with Crippen LogP contribution in [0.25, 0.3) is 0 Å². The molecule has 0 unspecified atom stereocenters. The summed E-state index contributed by atoms with van der Waals surface area (Å²) in [5.41, 5.74) is 2.47. The standard InChI is InChI=1S/C18H27NO2/c1-12-6-8-14(9-7-12)15-10-16(20)18(21)17(15)19-11-13-4-2-3-5-13/h6-9,13,15-21H,2-5,10-11H2,1H3/t15-,16-,17-,18-/m1/s1. The molecule has 2 aliphatic rings. The van der Waals surface area contributed by atoms with E-state index in [1.165, 1.54) is 36.8 Å². The molecular formula is C18H27NO2. The summed E-state index contributed by atoms with van der Waals surface area (Å²) in [4.78, 5) is 0. The van der Waals surface area contributed by atoms with E-state index in [-0.39, 0.29) is 12.0 Å². The maximum absolute atomic E-state index is 10.3. The van der Waals surface area contributed by atoms with Crippen molar-refractivity contribution in [3.05, 3.63) is 35.4 Å². The molecule has 2 saturated carbocycles. The molecular weight excluding hydrogens is 262 g/mol. The first-order valence-electron chi connectivity index (χ1n) is 8.31. The van der Waals surface area contributed by atoms with E-state index in [2.05, 4.69) is 36.5 Å². The van der Waals surface area contributed by atoms with Crippen molar-refractivity contribution in [1.29, 1.82) is 0 Å². The van der Waals surface area contributed by atoms with Crippen molar-refractivity contribution in [2.75, 3.05) is 6.54 Å². The lowest BCUT2D eigenvalue weighted by molar-refractivity contribution is 0.0294. The molecule has 3 heteroatoms. The Bertz CT molecular complexity index is 453. The van der Waals surface area contributed by atoms with Crippen molar-refractivity contribution in [2.24, 2.45) is 5.92 Å². The maximum Gasteiger partial charge on any atom is 0.0957 e. The van der Waals surface area contributed by atoms with Crippen LogP contribution in [0.4, 0.5) is 0 Å². The zero-order valence-corrected chi connectivity index (χ0v) is 12.8. The predicted octanol–water partition coefficient (Wildman–Crippen LogP) is 2.35. The molecule has 0 bridgehead atoms. The van der Waals surface area contributed by atoms with Gasteiger partial charge in [0.2, 0.25) is 0 Å². The van der Waals surface area contributed by atoms with E-state index in [1.54, 1.807) is 0 Å². The molecule has 1 aromatic carbocycles. The van der Waals surface area contributed by atoms with Crippen LogP contribution in [0.1, 0.15) is 49.1 Å². The Morgan fingerprint density at radius 1 is 1.10 bits per heavy atom. The highest BCUT2D eigenvalue weighted by Gasteiger charge is 2.42. The van der Waals surface area contributed by atoms with Gasteiger partial charge in [0.25, 0.3) is 0 Å². The minimum Gasteiger partial charge on any atom is -0.390 e. The van der Waals surface area contributed by atoms with Crippen molar-refractivity contribution in [3.63, 3.8) is 0 Å². The van der Waals surface area contributed by atoms with Crippen molar-refractivity contribution >= 4 is 0 Å². The Kier molecular flexibility index (Phi) is 4.63. The fourth-order valence-corrected chi connectivity index (χ4v) is 3.96. The van der Waals surface area contributed by atoms with E-state index in [9.17, 15) is 10.2 Å². The monoisotopic (exact) mass is 289 g/mol. The van der Waals surface area contributed by atoms with Gasteiger partial charge in [-0.25, -0.2) is 0 Å². The van der Waals surface area contributed by atoms with Crippen molar-refractivity contribution in [3.8, 4) is 0 Å². The molecule has 0 saturated heterocycles.